The van der Waals surface area contributed by atoms with Crippen LogP contribution in [-0.2, 0) is 17.8 Å². The molecule has 0 spiro atoms. The van der Waals surface area contributed by atoms with E-state index in [1.807, 2.05) is 54.6 Å². The summed E-state index contributed by atoms with van der Waals surface area (Å²) in [6.07, 6.45) is 2.85. The van der Waals surface area contributed by atoms with Crippen molar-refractivity contribution in [3.63, 3.8) is 0 Å². The molecule has 8 heteroatoms. The van der Waals surface area contributed by atoms with Crippen molar-refractivity contribution in [3.05, 3.63) is 91.2 Å². The highest BCUT2D eigenvalue weighted by Gasteiger charge is 2.27. The molecule has 1 fully saturated rings. The summed E-state index contributed by atoms with van der Waals surface area (Å²) in [6, 6.07) is 20.0. The smallest absolute Gasteiger partial charge is 0.260 e. The van der Waals surface area contributed by atoms with Crippen molar-refractivity contribution in [2.24, 2.45) is 0 Å². The molecular formula is C26H24Br2N2O3S. The highest BCUT2D eigenvalue weighted by molar-refractivity contribution is 9.10. The second-order valence-electron chi connectivity index (χ2n) is 7.62. The van der Waals surface area contributed by atoms with E-state index in [1.165, 1.54) is 17.3 Å². The maximum absolute atomic E-state index is 12.6. The second-order valence-corrected chi connectivity index (χ2v) is 10.5. The number of hydrogen-bond donors (Lipinski definition) is 2. The summed E-state index contributed by atoms with van der Waals surface area (Å²) in [6.45, 7) is 2.54. The van der Waals surface area contributed by atoms with Gasteiger partial charge in [-0.2, -0.15) is 0 Å². The third kappa shape index (κ3) is 6.17. The van der Waals surface area contributed by atoms with E-state index in [2.05, 4.69) is 61.5 Å². The zero-order valence-corrected chi connectivity index (χ0v) is 22.7. The largest absolute Gasteiger partial charge is 0.493 e. The fraction of sp³-hybridized carbons (Fsp3) is 0.192. The number of amides is 1. The Kier molecular flexibility index (Phi) is 8.24. The van der Waals surface area contributed by atoms with Gasteiger partial charge in [-0.25, -0.2) is 0 Å². The Labute approximate surface area is 220 Å². The van der Waals surface area contributed by atoms with Gasteiger partial charge in [0, 0.05) is 10.2 Å². The zero-order chi connectivity index (χ0) is 24.1. The van der Waals surface area contributed by atoms with Crippen LogP contribution in [0.2, 0.25) is 0 Å². The average molecular weight is 604 g/mol. The van der Waals surface area contributed by atoms with Gasteiger partial charge in [0.05, 0.1) is 16.5 Å². The normalized spacial score (nSPS) is 16.4. The molecule has 1 saturated heterocycles. The van der Waals surface area contributed by atoms with Crippen LogP contribution in [0.25, 0.3) is 6.08 Å². The minimum absolute atomic E-state index is 0.113. The van der Waals surface area contributed by atoms with Crippen molar-refractivity contribution < 1.29 is 14.3 Å². The number of anilines is 1. The van der Waals surface area contributed by atoms with Gasteiger partial charge < -0.3 is 20.1 Å². The Hall–Kier alpha value is -2.42. The molecule has 2 N–H and O–H groups in total. The van der Waals surface area contributed by atoms with Gasteiger partial charge >= 0.3 is 0 Å². The van der Waals surface area contributed by atoms with Crippen molar-refractivity contribution in [2.45, 2.75) is 25.4 Å². The van der Waals surface area contributed by atoms with Gasteiger partial charge in [0.1, 0.15) is 6.61 Å². The van der Waals surface area contributed by atoms with Gasteiger partial charge in [0.25, 0.3) is 5.91 Å². The van der Waals surface area contributed by atoms with E-state index >= 15 is 0 Å². The predicted molar refractivity (Wildman–Crippen MR) is 146 cm³/mol. The molecule has 0 saturated carbocycles. The fourth-order valence-electron chi connectivity index (χ4n) is 3.40. The van der Waals surface area contributed by atoms with Gasteiger partial charge in [0.2, 0.25) is 0 Å². The molecule has 1 atom stereocenters. The van der Waals surface area contributed by atoms with Gasteiger partial charge in [-0.05, 0) is 81.5 Å². The van der Waals surface area contributed by atoms with Gasteiger partial charge in [0.15, 0.2) is 17.0 Å². The summed E-state index contributed by atoms with van der Waals surface area (Å²) in [5, 5.41) is 6.32. The topological polar surface area (TPSA) is 59.6 Å². The number of nitrogens with one attached hydrogen (secondary N) is 2. The molecule has 3 aromatic carbocycles. The molecule has 176 valence electrons. The minimum Gasteiger partial charge on any atom is -0.493 e. The van der Waals surface area contributed by atoms with Crippen LogP contribution in [-0.4, -0.2) is 18.5 Å². The molecule has 1 amide bonds. The molecule has 1 aliphatic heterocycles. The summed E-state index contributed by atoms with van der Waals surface area (Å²) in [5.41, 5.74) is 3.90. The summed E-state index contributed by atoms with van der Waals surface area (Å²) < 4.78 is 13.4. The van der Waals surface area contributed by atoms with E-state index in [9.17, 15) is 4.79 Å². The maximum Gasteiger partial charge on any atom is 0.260 e. The van der Waals surface area contributed by atoms with Crippen LogP contribution < -0.4 is 20.1 Å². The van der Waals surface area contributed by atoms with Crippen molar-refractivity contribution >= 4 is 61.3 Å². The van der Waals surface area contributed by atoms with Gasteiger partial charge in [-0.3, -0.25) is 4.79 Å². The van der Waals surface area contributed by atoms with Crippen LogP contribution >= 0.6 is 43.6 Å². The third-order valence-corrected chi connectivity index (χ3v) is 7.38. The van der Waals surface area contributed by atoms with E-state index in [4.69, 9.17) is 9.47 Å². The van der Waals surface area contributed by atoms with Crippen LogP contribution in [0.3, 0.4) is 0 Å². The first-order valence-corrected chi connectivity index (χ1v) is 13.2. The van der Waals surface area contributed by atoms with Gasteiger partial charge in [-0.15, -0.1) is 0 Å². The third-order valence-electron chi connectivity index (χ3n) is 5.24. The number of carbonyl (C=O) groups is 1. The molecule has 1 heterocycles. The Bertz CT molecular complexity index is 1200. The number of halogens is 2. The Balaban J connectivity index is 1.46. The molecule has 0 aliphatic carbocycles. The lowest BCUT2D eigenvalue weighted by Gasteiger charge is -2.14. The second kappa shape index (κ2) is 11.3. The first-order valence-electron chi connectivity index (χ1n) is 10.7. The van der Waals surface area contributed by atoms with Crippen LogP contribution in [0.1, 0.15) is 23.6 Å². The van der Waals surface area contributed by atoms with Crippen molar-refractivity contribution in [3.8, 4) is 11.5 Å². The molecule has 4 rings (SSSR count). The van der Waals surface area contributed by atoms with E-state index in [1.54, 1.807) is 7.11 Å². The van der Waals surface area contributed by atoms with Crippen LogP contribution in [0.4, 0.5) is 5.69 Å². The van der Waals surface area contributed by atoms with Crippen LogP contribution in [0.5, 0.6) is 11.5 Å². The summed E-state index contributed by atoms with van der Waals surface area (Å²) in [4.78, 5) is 13.2. The number of aryl methyl sites for hydroxylation is 1. The number of methoxy groups -OCH3 is 1. The number of ether oxygens (including phenoxy) is 2. The number of hydrogen-bond acceptors (Lipinski definition) is 5. The molecule has 1 aliphatic rings. The first kappa shape index (κ1) is 24.7. The summed E-state index contributed by atoms with van der Waals surface area (Å²) in [7, 11) is 1.60. The SMILES string of the molecule is CCc1ccc(N[C@H]2NC(=O)/C(=C/c3cc(Br)c(OCc4ccc(Br)cc4)c(OC)c3)S2)cc1. The average Bonchev–Trinajstić information content (AvgIpc) is 3.17. The van der Waals surface area contributed by atoms with E-state index in [0.29, 0.717) is 23.0 Å². The Morgan fingerprint density at radius 1 is 1.06 bits per heavy atom. The summed E-state index contributed by atoms with van der Waals surface area (Å²) >= 11 is 8.48. The first-order chi connectivity index (χ1) is 16.4. The van der Waals surface area contributed by atoms with Crippen LogP contribution in [0, 0.1) is 0 Å². The number of benzene rings is 3. The highest BCUT2D eigenvalue weighted by atomic mass is 79.9. The van der Waals surface area contributed by atoms with E-state index < -0.39 is 0 Å². The molecule has 3 aromatic rings. The maximum atomic E-state index is 12.6. The zero-order valence-electron chi connectivity index (χ0n) is 18.7. The molecule has 5 nitrogen and oxygen atoms in total. The lowest BCUT2D eigenvalue weighted by Crippen LogP contribution is -2.30. The Morgan fingerprint density at radius 2 is 1.76 bits per heavy atom. The minimum atomic E-state index is -0.231. The van der Waals surface area contributed by atoms with Crippen molar-refractivity contribution in [1.29, 1.82) is 0 Å². The van der Waals surface area contributed by atoms with E-state index in [-0.39, 0.29) is 11.4 Å². The molecule has 34 heavy (non-hydrogen) atoms. The van der Waals surface area contributed by atoms with E-state index in [0.717, 1.165) is 32.2 Å². The monoisotopic (exact) mass is 602 g/mol. The van der Waals surface area contributed by atoms with Crippen molar-refractivity contribution in [2.75, 3.05) is 12.4 Å². The lowest BCUT2D eigenvalue weighted by atomic mass is 10.1. The molecule has 0 bridgehead atoms. The highest BCUT2D eigenvalue weighted by Crippen LogP contribution is 2.39. The predicted octanol–water partition coefficient (Wildman–Crippen LogP) is 6.96. The number of rotatable bonds is 8. The molecular weight excluding hydrogens is 580 g/mol. The van der Waals surface area contributed by atoms with Crippen molar-refractivity contribution in [1.82, 2.24) is 5.32 Å². The lowest BCUT2D eigenvalue weighted by molar-refractivity contribution is -0.116. The number of carbonyl (C=O) groups excluding carboxylic acids is 1. The molecule has 0 unspecified atom stereocenters. The standard InChI is InChI=1S/C26H24Br2N2O3S/c1-3-16-6-10-20(11-7-16)29-26-30-25(31)23(34-26)14-18-12-21(28)24(22(13-18)32-2)33-15-17-4-8-19(27)9-5-17/h4-14,26,29H,3,15H2,1-2H3,(H,30,31)/b23-14-/t26-/m0/s1. The summed E-state index contributed by atoms with van der Waals surface area (Å²) in [5.74, 6) is 1.09. The quantitative estimate of drug-likeness (QED) is 0.273. The van der Waals surface area contributed by atoms with Crippen LogP contribution in [0.15, 0.2) is 74.5 Å². The molecule has 0 aromatic heterocycles. The Morgan fingerprint density at radius 3 is 2.44 bits per heavy atom. The van der Waals surface area contributed by atoms with Gasteiger partial charge in [-0.1, -0.05) is 58.9 Å². The fourth-order valence-corrected chi connectivity index (χ4v) is 5.23. The number of thioether (sulfide) groups is 1. The molecule has 0 radical (unpaired) electrons.